The van der Waals surface area contributed by atoms with Crippen molar-refractivity contribution in [3.63, 3.8) is 0 Å². The third kappa shape index (κ3) is 5.37. The van der Waals surface area contributed by atoms with Gasteiger partial charge in [0.2, 0.25) is 6.29 Å². The van der Waals surface area contributed by atoms with E-state index >= 15 is 0 Å². The molecule has 0 spiro atoms. The molecule has 28 heavy (non-hydrogen) atoms. The van der Waals surface area contributed by atoms with Gasteiger partial charge in [-0.3, -0.25) is 4.79 Å². The Balaban J connectivity index is 1.85. The largest absolute Gasteiger partial charge is 0.459 e. The smallest absolute Gasteiger partial charge is 0.288 e. The van der Waals surface area contributed by atoms with Crippen LogP contribution in [0.3, 0.4) is 0 Å². The van der Waals surface area contributed by atoms with Crippen LogP contribution in [0.4, 0.5) is 0 Å². The second-order valence-electron chi connectivity index (χ2n) is 7.64. The maximum absolute atomic E-state index is 13.2. The van der Waals surface area contributed by atoms with E-state index in [-0.39, 0.29) is 24.3 Å². The molecular weight excluding hydrogens is 374 g/mol. The second-order valence-corrected chi connectivity index (χ2v) is 8.42. The lowest BCUT2D eigenvalue weighted by Gasteiger charge is -2.38. The summed E-state index contributed by atoms with van der Waals surface area (Å²) in [6, 6.07) is 2.12. The van der Waals surface area contributed by atoms with Crippen LogP contribution in [-0.2, 0) is 14.3 Å². The molecule has 0 aromatic carbocycles. The highest BCUT2D eigenvalue weighted by molar-refractivity contribution is 7.08. The number of ether oxygens (including phenoxy) is 2. The minimum atomic E-state index is -0.458. The summed E-state index contributed by atoms with van der Waals surface area (Å²) in [6.07, 6.45) is 8.78. The number of rotatable bonds is 7. The average molecular weight is 408 g/mol. The fraction of sp³-hybridized carbons (Fsp3) is 0.682. The van der Waals surface area contributed by atoms with E-state index in [9.17, 15) is 9.90 Å². The van der Waals surface area contributed by atoms with E-state index in [2.05, 4.69) is 16.8 Å². The molecule has 1 aromatic rings. The van der Waals surface area contributed by atoms with Crippen LogP contribution in [0, 0.1) is 5.92 Å². The molecule has 0 unspecified atom stereocenters. The Morgan fingerprint density at radius 2 is 2.04 bits per heavy atom. The van der Waals surface area contributed by atoms with Crippen molar-refractivity contribution in [2.75, 3.05) is 26.3 Å². The fourth-order valence-electron chi connectivity index (χ4n) is 4.21. The van der Waals surface area contributed by atoms with Crippen molar-refractivity contribution in [2.24, 2.45) is 5.92 Å². The van der Waals surface area contributed by atoms with E-state index in [0.29, 0.717) is 18.8 Å². The van der Waals surface area contributed by atoms with Gasteiger partial charge in [0, 0.05) is 38.1 Å². The molecule has 1 fully saturated rings. The third-order valence-corrected chi connectivity index (χ3v) is 6.40. The zero-order valence-electron chi connectivity index (χ0n) is 16.8. The van der Waals surface area contributed by atoms with Gasteiger partial charge < -0.3 is 19.5 Å². The first kappa shape index (κ1) is 21.3. The molecular formula is C22H33NO4S. The molecule has 0 radical (unpaired) electrons. The Hall–Kier alpha value is -1.37. The summed E-state index contributed by atoms with van der Waals surface area (Å²) in [6.45, 7) is 4.23. The Bertz CT molecular complexity index is 622. The number of thiophene rings is 1. The van der Waals surface area contributed by atoms with E-state index in [1.165, 1.54) is 24.8 Å². The van der Waals surface area contributed by atoms with Crippen LogP contribution in [0.1, 0.15) is 63.4 Å². The van der Waals surface area contributed by atoms with Crippen molar-refractivity contribution >= 4 is 17.2 Å². The van der Waals surface area contributed by atoms with Gasteiger partial charge in [-0.15, -0.1) is 0 Å². The van der Waals surface area contributed by atoms with Crippen LogP contribution >= 0.6 is 11.3 Å². The maximum Gasteiger partial charge on any atom is 0.288 e. The van der Waals surface area contributed by atoms with Crippen molar-refractivity contribution in [3.05, 3.63) is 34.2 Å². The van der Waals surface area contributed by atoms with Gasteiger partial charge in [-0.25, -0.2) is 0 Å². The van der Waals surface area contributed by atoms with Crippen LogP contribution in [-0.4, -0.2) is 48.5 Å². The van der Waals surface area contributed by atoms with Gasteiger partial charge in [0.25, 0.3) is 5.91 Å². The maximum atomic E-state index is 13.2. The molecule has 1 aromatic heterocycles. The molecule has 2 aliphatic heterocycles. The SMILES string of the molecule is CCO[C@@H]1OC(C(=O)N2CCCCCCC2)=C[C@H](c2ccsc2)[C@H]1CCCO. The Kier molecular flexibility index (Phi) is 8.37. The van der Waals surface area contributed by atoms with Gasteiger partial charge in [0.15, 0.2) is 5.76 Å². The minimum absolute atomic E-state index is 0.00700. The van der Waals surface area contributed by atoms with Gasteiger partial charge in [-0.1, -0.05) is 19.3 Å². The van der Waals surface area contributed by atoms with Gasteiger partial charge in [-0.05, 0) is 61.1 Å². The van der Waals surface area contributed by atoms with E-state index in [4.69, 9.17) is 9.47 Å². The molecule has 3 rings (SSSR count). The summed E-state index contributed by atoms with van der Waals surface area (Å²) < 4.78 is 12.0. The predicted molar refractivity (Wildman–Crippen MR) is 111 cm³/mol. The highest BCUT2D eigenvalue weighted by atomic mass is 32.1. The number of nitrogens with zero attached hydrogens (tertiary/aromatic N) is 1. The number of hydrogen-bond acceptors (Lipinski definition) is 5. The first-order valence-electron chi connectivity index (χ1n) is 10.7. The van der Waals surface area contributed by atoms with E-state index in [1.54, 1.807) is 11.3 Å². The zero-order valence-corrected chi connectivity index (χ0v) is 17.7. The topological polar surface area (TPSA) is 59.0 Å². The minimum Gasteiger partial charge on any atom is -0.459 e. The molecule has 5 nitrogen and oxygen atoms in total. The molecule has 0 bridgehead atoms. The van der Waals surface area contributed by atoms with Crippen molar-refractivity contribution in [3.8, 4) is 0 Å². The van der Waals surface area contributed by atoms with Gasteiger partial charge in [0.05, 0.1) is 0 Å². The van der Waals surface area contributed by atoms with Crippen LogP contribution in [0.2, 0.25) is 0 Å². The van der Waals surface area contributed by atoms with Crippen molar-refractivity contribution < 1.29 is 19.4 Å². The third-order valence-electron chi connectivity index (χ3n) is 5.69. The second kappa shape index (κ2) is 11.0. The average Bonchev–Trinajstić information content (AvgIpc) is 3.20. The Morgan fingerprint density at radius 1 is 1.29 bits per heavy atom. The molecule has 3 heterocycles. The number of aliphatic hydroxyl groups is 1. The zero-order chi connectivity index (χ0) is 19.8. The van der Waals surface area contributed by atoms with Gasteiger partial charge >= 0.3 is 0 Å². The molecule has 6 heteroatoms. The normalized spacial score (nSPS) is 26.1. The number of allylic oxidation sites excluding steroid dienone is 1. The van der Waals surface area contributed by atoms with E-state index in [0.717, 1.165) is 32.4 Å². The summed E-state index contributed by atoms with van der Waals surface area (Å²) in [4.78, 5) is 15.2. The number of aliphatic hydroxyl groups excluding tert-OH is 1. The number of hydrogen-bond donors (Lipinski definition) is 1. The quantitative estimate of drug-likeness (QED) is 0.732. The summed E-state index contributed by atoms with van der Waals surface area (Å²) in [5.41, 5.74) is 1.19. The van der Waals surface area contributed by atoms with Crippen molar-refractivity contribution in [2.45, 2.75) is 64.1 Å². The predicted octanol–water partition coefficient (Wildman–Crippen LogP) is 4.29. The summed E-state index contributed by atoms with van der Waals surface area (Å²) in [5.74, 6) is 0.574. The number of amides is 1. The molecule has 156 valence electrons. The lowest BCUT2D eigenvalue weighted by Crippen LogP contribution is -2.41. The van der Waals surface area contributed by atoms with Crippen LogP contribution in [0.5, 0.6) is 0 Å². The van der Waals surface area contributed by atoms with Crippen molar-refractivity contribution in [1.29, 1.82) is 0 Å². The van der Waals surface area contributed by atoms with Crippen molar-refractivity contribution in [1.82, 2.24) is 4.90 Å². The Labute approximate surface area is 172 Å². The Morgan fingerprint density at radius 3 is 2.68 bits per heavy atom. The van der Waals surface area contributed by atoms with Gasteiger partial charge in [0.1, 0.15) is 0 Å². The molecule has 2 aliphatic rings. The fourth-order valence-corrected chi connectivity index (χ4v) is 4.92. The number of carbonyl (C=O) groups is 1. The number of carbonyl (C=O) groups excluding carboxylic acids is 1. The van der Waals surface area contributed by atoms with E-state index < -0.39 is 6.29 Å². The lowest BCUT2D eigenvalue weighted by atomic mass is 9.81. The molecule has 1 amide bonds. The van der Waals surface area contributed by atoms with Gasteiger partial charge in [-0.2, -0.15) is 11.3 Å². The summed E-state index contributed by atoms with van der Waals surface area (Å²) >= 11 is 1.66. The van der Waals surface area contributed by atoms with Crippen LogP contribution in [0.15, 0.2) is 28.7 Å². The molecule has 1 N–H and O–H groups in total. The summed E-state index contributed by atoms with van der Waals surface area (Å²) in [5, 5.41) is 13.5. The van der Waals surface area contributed by atoms with E-state index in [1.807, 2.05) is 17.9 Å². The van der Waals surface area contributed by atoms with Crippen LogP contribution in [0.25, 0.3) is 0 Å². The highest BCUT2D eigenvalue weighted by Crippen LogP contribution is 2.40. The first-order chi connectivity index (χ1) is 13.7. The molecule has 0 saturated carbocycles. The highest BCUT2D eigenvalue weighted by Gasteiger charge is 2.38. The summed E-state index contributed by atoms with van der Waals surface area (Å²) in [7, 11) is 0. The standard InChI is InChI=1S/C22H33NO4S/c1-2-26-22-18(9-8-13-24)19(17-10-14-28-16-17)15-20(27-22)21(25)23-11-6-4-3-5-7-12-23/h10,14-16,18-19,22,24H,2-9,11-13H2,1H3/t18-,19-,22-/m1/s1. The van der Waals surface area contributed by atoms with Crippen LogP contribution < -0.4 is 0 Å². The lowest BCUT2D eigenvalue weighted by molar-refractivity contribution is -0.170. The first-order valence-corrected chi connectivity index (χ1v) is 11.6. The monoisotopic (exact) mass is 407 g/mol. The molecule has 1 saturated heterocycles. The molecule has 3 atom stereocenters. The number of likely N-dealkylation sites (tertiary alicyclic amines) is 1. The molecule has 0 aliphatic carbocycles.